The normalized spacial score (nSPS) is 21.5. The fraction of sp³-hybridized carbons (Fsp3) is 0.400. The van der Waals surface area contributed by atoms with E-state index in [1.165, 1.54) is 0 Å². The Balaban J connectivity index is 1.37. The van der Waals surface area contributed by atoms with Gasteiger partial charge >= 0.3 is 0 Å². The van der Waals surface area contributed by atoms with Crippen molar-refractivity contribution in [3.63, 3.8) is 0 Å². The molecule has 0 amide bonds. The Morgan fingerprint density at radius 2 is 1.57 bits per heavy atom. The molecule has 0 spiro atoms. The molecule has 2 aromatic carbocycles. The second-order valence-corrected chi connectivity index (χ2v) is 9.06. The number of ether oxygens (including phenoxy) is 4. The molecule has 0 aromatic heterocycles. The number of rotatable bonds is 3. The van der Waals surface area contributed by atoms with Crippen LogP contribution < -0.4 is 18.9 Å². The molecular weight excluding hydrogens is 382 g/mol. The van der Waals surface area contributed by atoms with Crippen LogP contribution in [0, 0.1) is 0 Å². The predicted octanol–water partition coefficient (Wildman–Crippen LogP) is 2.75. The first-order valence-electron chi connectivity index (χ1n) is 9.40. The summed E-state index contributed by atoms with van der Waals surface area (Å²) in [5, 5.41) is 0. The Morgan fingerprint density at radius 3 is 2.46 bits per heavy atom. The second-order valence-electron chi connectivity index (χ2n) is 7.12. The zero-order chi connectivity index (χ0) is 19.1. The van der Waals surface area contributed by atoms with Crippen molar-refractivity contribution in [2.24, 2.45) is 0 Å². The lowest BCUT2D eigenvalue weighted by Crippen LogP contribution is -2.28. The van der Waals surface area contributed by atoms with Gasteiger partial charge in [-0.25, -0.2) is 8.42 Å². The minimum Gasteiger partial charge on any atom is -0.490 e. The van der Waals surface area contributed by atoms with E-state index in [4.69, 9.17) is 18.9 Å². The molecule has 5 rings (SSSR count). The van der Waals surface area contributed by atoms with Crippen molar-refractivity contribution in [1.29, 1.82) is 0 Å². The molecule has 1 atom stereocenters. The topological polar surface area (TPSA) is 74.3 Å². The van der Waals surface area contributed by atoms with Gasteiger partial charge in [0.15, 0.2) is 23.0 Å². The zero-order valence-electron chi connectivity index (χ0n) is 15.3. The first-order valence-corrected chi connectivity index (χ1v) is 10.8. The monoisotopic (exact) mass is 403 g/mol. The van der Waals surface area contributed by atoms with Crippen LogP contribution in [0.25, 0.3) is 0 Å². The van der Waals surface area contributed by atoms with Crippen LogP contribution in [0.4, 0.5) is 0 Å². The highest BCUT2D eigenvalue weighted by molar-refractivity contribution is 7.89. The smallest absolute Gasteiger partial charge is 0.243 e. The molecule has 148 valence electrons. The first-order chi connectivity index (χ1) is 13.6. The highest BCUT2D eigenvalue weighted by Crippen LogP contribution is 2.39. The van der Waals surface area contributed by atoms with Crippen molar-refractivity contribution in [3.8, 4) is 23.0 Å². The van der Waals surface area contributed by atoms with Crippen molar-refractivity contribution in [3.05, 3.63) is 42.0 Å². The third-order valence-corrected chi connectivity index (χ3v) is 7.24. The molecule has 0 saturated carbocycles. The standard InChI is InChI=1S/C20H21NO6S/c22-28(23,16-3-5-17-20(11-16)25-9-1-8-24-17)21-7-6-15(12-21)14-2-4-18-19(10-14)27-13-26-18/h2-5,10-11,15H,1,6-9,12-13H2. The van der Waals surface area contributed by atoms with Crippen LogP contribution in [0.1, 0.15) is 24.3 Å². The van der Waals surface area contributed by atoms with Crippen LogP contribution in [-0.4, -0.2) is 45.8 Å². The van der Waals surface area contributed by atoms with E-state index in [2.05, 4.69) is 0 Å². The molecule has 0 aliphatic carbocycles. The summed E-state index contributed by atoms with van der Waals surface area (Å²) in [5.74, 6) is 2.67. The maximum Gasteiger partial charge on any atom is 0.243 e. The van der Waals surface area contributed by atoms with E-state index in [1.54, 1.807) is 22.5 Å². The Morgan fingerprint density at radius 1 is 0.857 bits per heavy atom. The summed E-state index contributed by atoms with van der Waals surface area (Å²) in [7, 11) is -3.59. The summed E-state index contributed by atoms with van der Waals surface area (Å²) in [4.78, 5) is 0.239. The third-order valence-electron chi connectivity index (χ3n) is 5.38. The second kappa shape index (κ2) is 6.86. The Kier molecular flexibility index (Phi) is 4.32. The summed E-state index contributed by atoms with van der Waals surface area (Å²) in [6.45, 7) is 2.25. The van der Waals surface area contributed by atoms with Gasteiger partial charge in [-0.15, -0.1) is 0 Å². The number of benzene rings is 2. The zero-order valence-corrected chi connectivity index (χ0v) is 16.1. The van der Waals surface area contributed by atoms with Crippen LogP contribution in [0.15, 0.2) is 41.3 Å². The molecule has 8 heteroatoms. The molecule has 3 heterocycles. The van der Waals surface area contributed by atoms with Gasteiger partial charge < -0.3 is 18.9 Å². The minimum atomic E-state index is -3.59. The van der Waals surface area contributed by atoms with Gasteiger partial charge in [-0.2, -0.15) is 4.31 Å². The van der Waals surface area contributed by atoms with Crippen LogP contribution in [0.3, 0.4) is 0 Å². The lowest BCUT2D eigenvalue weighted by Gasteiger charge is -2.18. The number of nitrogens with zero attached hydrogens (tertiary/aromatic N) is 1. The van der Waals surface area contributed by atoms with Gasteiger partial charge in [-0.3, -0.25) is 0 Å². The van der Waals surface area contributed by atoms with Gasteiger partial charge in [0.25, 0.3) is 0 Å². The van der Waals surface area contributed by atoms with Gasteiger partial charge in [0.2, 0.25) is 16.8 Å². The molecule has 7 nitrogen and oxygen atoms in total. The van der Waals surface area contributed by atoms with Crippen LogP contribution in [-0.2, 0) is 10.0 Å². The van der Waals surface area contributed by atoms with E-state index in [-0.39, 0.29) is 17.6 Å². The van der Waals surface area contributed by atoms with Crippen molar-refractivity contribution >= 4 is 10.0 Å². The van der Waals surface area contributed by atoms with E-state index in [0.717, 1.165) is 29.9 Å². The molecule has 0 bridgehead atoms. The molecule has 3 aliphatic heterocycles. The van der Waals surface area contributed by atoms with Crippen molar-refractivity contribution in [2.75, 3.05) is 33.1 Å². The average Bonchev–Trinajstić information content (AvgIpc) is 3.32. The van der Waals surface area contributed by atoms with Gasteiger partial charge in [-0.1, -0.05) is 6.07 Å². The van der Waals surface area contributed by atoms with Crippen molar-refractivity contribution in [1.82, 2.24) is 4.31 Å². The Labute approximate surface area is 163 Å². The lowest BCUT2D eigenvalue weighted by molar-refractivity contribution is 0.174. The summed E-state index contributed by atoms with van der Waals surface area (Å²) < 4.78 is 49.9. The molecule has 28 heavy (non-hydrogen) atoms. The van der Waals surface area contributed by atoms with Crippen LogP contribution in [0.2, 0.25) is 0 Å². The number of fused-ring (bicyclic) bond motifs is 2. The minimum absolute atomic E-state index is 0.129. The van der Waals surface area contributed by atoms with Gasteiger partial charge in [0.1, 0.15) is 0 Å². The summed E-state index contributed by atoms with van der Waals surface area (Å²) in [5.41, 5.74) is 1.07. The van der Waals surface area contributed by atoms with Gasteiger partial charge in [0, 0.05) is 25.6 Å². The van der Waals surface area contributed by atoms with E-state index in [9.17, 15) is 8.42 Å². The number of hydrogen-bond donors (Lipinski definition) is 0. The molecule has 1 unspecified atom stereocenters. The van der Waals surface area contributed by atoms with E-state index >= 15 is 0 Å². The maximum absolute atomic E-state index is 13.2. The van der Waals surface area contributed by atoms with Crippen LogP contribution >= 0.6 is 0 Å². The summed E-state index contributed by atoms with van der Waals surface area (Å²) >= 11 is 0. The highest BCUT2D eigenvalue weighted by Gasteiger charge is 2.34. The highest BCUT2D eigenvalue weighted by atomic mass is 32.2. The maximum atomic E-state index is 13.2. The summed E-state index contributed by atoms with van der Waals surface area (Å²) in [6.07, 6.45) is 1.55. The van der Waals surface area contributed by atoms with Gasteiger partial charge in [-0.05, 0) is 42.2 Å². The van der Waals surface area contributed by atoms with E-state index < -0.39 is 10.0 Å². The number of sulfonamides is 1. The Bertz CT molecular complexity index is 1010. The fourth-order valence-corrected chi connectivity index (χ4v) is 5.35. The van der Waals surface area contributed by atoms with Crippen LogP contribution in [0.5, 0.6) is 23.0 Å². The fourth-order valence-electron chi connectivity index (χ4n) is 3.84. The molecule has 3 aliphatic rings. The van der Waals surface area contributed by atoms with Crippen molar-refractivity contribution in [2.45, 2.75) is 23.7 Å². The molecule has 0 N–H and O–H groups in total. The molecular formula is C20H21NO6S. The first kappa shape index (κ1) is 17.6. The molecule has 1 saturated heterocycles. The number of hydrogen-bond acceptors (Lipinski definition) is 6. The van der Waals surface area contributed by atoms with Gasteiger partial charge in [0.05, 0.1) is 18.1 Å². The third kappa shape index (κ3) is 3.06. The van der Waals surface area contributed by atoms with E-state index in [1.807, 2.05) is 18.2 Å². The molecule has 1 fully saturated rings. The molecule has 0 radical (unpaired) electrons. The quantitative estimate of drug-likeness (QED) is 0.785. The largest absolute Gasteiger partial charge is 0.490 e. The average molecular weight is 403 g/mol. The lowest BCUT2D eigenvalue weighted by atomic mass is 9.98. The SMILES string of the molecule is O=S(=O)(c1ccc2c(c1)OCCCO2)N1CCC(c2ccc3c(c2)OCO3)C1. The Hall–Kier alpha value is -2.45. The predicted molar refractivity (Wildman–Crippen MR) is 101 cm³/mol. The van der Waals surface area contributed by atoms with Crippen molar-refractivity contribution < 1.29 is 27.4 Å². The molecule has 2 aromatic rings. The summed E-state index contributed by atoms with van der Waals surface area (Å²) in [6, 6.07) is 10.7. The van der Waals surface area contributed by atoms with E-state index in [0.29, 0.717) is 37.8 Å².